The first-order valence-electron chi connectivity index (χ1n) is 3.94. The number of hydrogen-bond donors (Lipinski definition) is 1. The SMILES string of the molecule is CCOC(=O)N1C=CC=C(O)C=C1. The average Bonchev–Trinajstić information content (AvgIpc) is 2.30. The van der Waals surface area contributed by atoms with Crippen LogP contribution in [0.3, 0.4) is 0 Å². The summed E-state index contributed by atoms with van der Waals surface area (Å²) in [5.41, 5.74) is 0. The van der Waals surface area contributed by atoms with Crippen LogP contribution in [0.25, 0.3) is 0 Å². The van der Waals surface area contributed by atoms with Gasteiger partial charge in [0.1, 0.15) is 5.76 Å². The van der Waals surface area contributed by atoms with Gasteiger partial charge in [0.15, 0.2) is 0 Å². The van der Waals surface area contributed by atoms with Crippen LogP contribution in [0.4, 0.5) is 4.79 Å². The minimum atomic E-state index is -0.460. The van der Waals surface area contributed by atoms with E-state index in [4.69, 9.17) is 9.84 Å². The maximum Gasteiger partial charge on any atom is 0.417 e. The van der Waals surface area contributed by atoms with Gasteiger partial charge in [-0.15, -0.1) is 0 Å². The molecule has 4 nitrogen and oxygen atoms in total. The lowest BCUT2D eigenvalue weighted by molar-refractivity contribution is 0.133. The molecule has 0 atom stereocenters. The number of ether oxygens (including phenoxy) is 1. The number of aliphatic hydroxyl groups excluding tert-OH is 1. The lowest BCUT2D eigenvalue weighted by atomic mass is 10.4. The van der Waals surface area contributed by atoms with Crippen LogP contribution in [0.15, 0.2) is 36.4 Å². The molecule has 0 unspecified atom stereocenters. The molecule has 0 saturated heterocycles. The van der Waals surface area contributed by atoms with Gasteiger partial charge in [-0.2, -0.15) is 0 Å². The molecule has 0 aromatic rings. The van der Waals surface area contributed by atoms with Crippen LogP contribution < -0.4 is 0 Å². The molecule has 0 radical (unpaired) electrons. The third-order valence-corrected chi connectivity index (χ3v) is 1.40. The number of carbonyl (C=O) groups is 1. The fourth-order valence-electron chi connectivity index (χ4n) is 0.816. The molecular formula is C9H11NO3. The smallest absolute Gasteiger partial charge is 0.417 e. The Morgan fingerprint density at radius 2 is 2.38 bits per heavy atom. The van der Waals surface area contributed by atoms with E-state index in [1.54, 1.807) is 13.0 Å². The van der Waals surface area contributed by atoms with Gasteiger partial charge >= 0.3 is 6.09 Å². The highest BCUT2D eigenvalue weighted by Gasteiger charge is 2.08. The number of allylic oxidation sites excluding steroid dienone is 3. The van der Waals surface area contributed by atoms with Crippen molar-refractivity contribution in [2.24, 2.45) is 0 Å². The van der Waals surface area contributed by atoms with Gasteiger partial charge in [0, 0.05) is 12.4 Å². The zero-order chi connectivity index (χ0) is 9.68. The summed E-state index contributed by atoms with van der Waals surface area (Å²) in [7, 11) is 0. The second-order valence-corrected chi connectivity index (χ2v) is 2.35. The van der Waals surface area contributed by atoms with Crippen molar-refractivity contribution in [1.82, 2.24) is 4.90 Å². The maximum atomic E-state index is 11.2. The van der Waals surface area contributed by atoms with E-state index in [0.717, 1.165) is 0 Å². The van der Waals surface area contributed by atoms with E-state index in [-0.39, 0.29) is 5.76 Å². The average molecular weight is 181 g/mol. The van der Waals surface area contributed by atoms with Crippen molar-refractivity contribution in [2.45, 2.75) is 6.92 Å². The second-order valence-electron chi connectivity index (χ2n) is 2.35. The predicted molar refractivity (Wildman–Crippen MR) is 47.9 cm³/mol. The quantitative estimate of drug-likeness (QED) is 0.672. The molecule has 4 heteroatoms. The van der Waals surface area contributed by atoms with E-state index in [0.29, 0.717) is 6.61 Å². The molecule has 1 aliphatic heterocycles. The van der Waals surface area contributed by atoms with Crippen LogP contribution in [0.1, 0.15) is 6.92 Å². The molecule has 0 aromatic carbocycles. The molecular weight excluding hydrogens is 170 g/mol. The van der Waals surface area contributed by atoms with Crippen LogP contribution in [-0.4, -0.2) is 22.7 Å². The highest BCUT2D eigenvalue weighted by Crippen LogP contribution is 2.04. The summed E-state index contributed by atoms with van der Waals surface area (Å²) in [6.45, 7) is 2.06. The third kappa shape index (κ3) is 2.66. The lowest BCUT2D eigenvalue weighted by Gasteiger charge is -2.11. The maximum absolute atomic E-state index is 11.2. The van der Waals surface area contributed by atoms with Crippen molar-refractivity contribution in [1.29, 1.82) is 0 Å². The second kappa shape index (κ2) is 4.35. The predicted octanol–water partition coefficient (Wildman–Crippen LogP) is 1.93. The molecule has 1 N–H and O–H groups in total. The summed E-state index contributed by atoms with van der Waals surface area (Å²) in [6, 6.07) is 0. The Hall–Kier alpha value is -1.71. The summed E-state index contributed by atoms with van der Waals surface area (Å²) in [5.74, 6) is 0.100. The van der Waals surface area contributed by atoms with E-state index < -0.39 is 6.09 Å². The lowest BCUT2D eigenvalue weighted by Crippen LogP contribution is -2.20. The number of amides is 1. The summed E-state index contributed by atoms with van der Waals surface area (Å²) in [5, 5.41) is 9.06. The van der Waals surface area contributed by atoms with Gasteiger partial charge in [-0.05, 0) is 25.2 Å². The zero-order valence-electron chi connectivity index (χ0n) is 7.30. The number of hydrogen-bond acceptors (Lipinski definition) is 3. The van der Waals surface area contributed by atoms with Gasteiger partial charge < -0.3 is 9.84 Å². The Bertz CT molecular complexity index is 279. The molecule has 0 fully saturated rings. The van der Waals surface area contributed by atoms with Crippen LogP contribution in [0, 0.1) is 0 Å². The van der Waals surface area contributed by atoms with Gasteiger partial charge in [-0.25, -0.2) is 4.79 Å². The molecule has 70 valence electrons. The van der Waals surface area contributed by atoms with E-state index in [1.165, 1.54) is 29.5 Å². The van der Waals surface area contributed by atoms with Gasteiger partial charge in [0.25, 0.3) is 0 Å². The van der Waals surface area contributed by atoms with Crippen LogP contribution in [-0.2, 0) is 4.74 Å². The summed E-state index contributed by atoms with van der Waals surface area (Å²) < 4.78 is 4.75. The number of rotatable bonds is 1. The fraction of sp³-hybridized carbons (Fsp3) is 0.222. The molecule has 0 bridgehead atoms. The van der Waals surface area contributed by atoms with E-state index in [9.17, 15) is 4.79 Å². The largest absolute Gasteiger partial charge is 0.508 e. The summed E-state index contributed by atoms with van der Waals surface area (Å²) in [6.07, 6.45) is 6.95. The highest BCUT2D eigenvalue weighted by atomic mass is 16.5. The van der Waals surface area contributed by atoms with Crippen molar-refractivity contribution in [3.8, 4) is 0 Å². The number of carbonyl (C=O) groups excluding carboxylic acids is 1. The molecule has 1 aliphatic rings. The van der Waals surface area contributed by atoms with Crippen LogP contribution in [0.5, 0.6) is 0 Å². The van der Waals surface area contributed by atoms with Gasteiger partial charge in [0.2, 0.25) is 0 Å². The highest BCUT2D eigenvalue weighted by molar-refractivity contribution is 5.70. The monoisotopic (exact) mass is 181 g/mol. The zero-order valence-corrected chi connectivity index (χ0v) is 7.30. The normalized spacial score (nSPS) is 15.2. The fourth-order valence-corrected chi connectivity index (χ4v) is 0.816. The molecule has 0 aliphatic carbocycles. The Labute approximate surface area is 76.4 Å². The van der Waals surface area contributed by atoms with Gasteiger partial charge in [-0.3, -0.25) is 4.90 Å². The topological polar surface area (TPSA) is 49.8 Å². The minimum absolute atomic E-state index is 0.100. The molecule has 0 aromatic heterocycles. The molecule has 0 saturated carbocycles. The molecule has 1 rings (SSSR count). The standard InChI is InChI=1S/C9H11NO3/c1-2-13-9(12)10-6-3-4-8(11)5-7-10/h3-7,11H,2H2,1H3. The molecule has 0 spiro atoms. The van der Waals surface area contributed by atoms with E-state index >= 15 is 0 Å². The van der Waals surface area contributed by atoms with Crippen molar-refractivity contribution in [2.75, 3.05) is 6.61 Å². The van der Waals surface area contributed by atoms with Gasteiger partial charge in [0.05, 0.1) is 6.61 Å². The van der Waals surface area contributed by atoms with E-state index in [1.807, 2.05) is 0 Å². The first-order valence-corrected chi connectivity index (χ1v) is 3.94. The van der Waals surface area contributed by atoms with Crippen LogP contribution in [0.2, 0.25) is 0 Å². The molecule has 1 amide bonds. The minimum Gasteiger partial charge on any atom is -0.508 e. The van der Waals surface area contributed by atoms with Crippen molar-refractivity contribution >= 4 is 6.09 Å². The van der Waals surface area contributed by atoms with Crippen molar-refractivity contribution in [3.05, 3.63) is 36.4 Å². The Balaban J connectivity index is 2.64. The molecule has 1 heterocycles. The summed E-state index contributed by atoms with van der Waals surface area (Å²) in [4.78, 5) is 12.4. The van der Waals surface area contributed by atoms with Gasteiger partial charge in [-0.1, -0.05) is 0 Å². The van der Waals surface area contributed by atoms with Crippen LogP contribution >= 0.6 is 0 Å². The summed E-state index contributed by atoms with van der Waals surface area (Å²) >= 11 is 0. The Kier molecular flexibility index (Phi) is 3.14. The first kappa shape index (κ1) is 9.38. The first-order chi connectivity index (χ1) is 6.24. The van der Waals surface area contributed by atoms with E-state index in [2.05, 4.69) is 0 Å². The van der Waals surface area contributed by atoms with Crippen molar-refractivity contribution in [3.63, 3.8) is 0 Å². The third-order valence-electron chi connectivity index (χ3n) is 1.40. The van der Waals surface area contributed by atoms with Crippen molar-refractivity contribution < 1.29 is 14.6 Å². The Morgan fingerprint density at radius 1 is 1.62 bits per heavy atom. The number of aliphatic hydroxyl groups is 1. The Morgan fingerprint density at radius 3 is 3.08 bits per heavy atom. The number of nitrogens with zero attached hydrogens (tertiary/aromatic N) is 1. The molecule has 13 heavy (non-hydrogen) atoms.